The number of halogens is 2. The van der Waals surface area contributed by atoms with Gasteiger partial charge in [0.15, 0.2) is 0 Å². The lowest BCUT2D eigenvalue weighted by Gasteiger charge is -2.34. The minimum atomic E-state index is 0. The monoisotopic (exact) mass is 305 g/mol. The zero-order valence-electron chi connectivity index (χ0n) is 11.0. The van der Waals surface area contributed by atoms with E-state index in [2.05, 4.69) is 17.2 Å². The van der Waals surface area contributed by atoms with Crippen molar-refractivity contribution in [2.24, 2.45) is 0 Å². The molecule has 1 aliphatic heterocycles. The van der Waals surface area contributed by atoms with E-state index in [1.165, 1.54) is 5.56 Å². The number of hydrogen-bond donors (Lipinski definition) is 1. The van der Waals surface area contributed by atoms with Gasteiger partial charge in [0.2, 0.25) is 5.91 Å². The van der Waals surface area contributed by atoms with Crippen molar-refractivity contribution in [3.63, 3.8) is 0 Å². The van der Waals surface area contributed by atoms with Crippen LogP contribution in [0, 0.1) is 0 Å². The molecule has 1 aromatic heterocycles. The summed E-state index contributed by atoms with van der Waals surface area (Å²) < 4.78 is 0. The Balaban J connectivity index is 0.00000162. The quantitative estimate of drug-likeness (QED) is 0.924. The third-order valence-electron chi connectivity index (χ3n) is 3.20. The molecular weight excluding hydrogens is 285 g/mol. The number of hydrogen-bond acceptors (Lipinski definition) is 3. The standard InChI is InChI=1S/C13H19N3O.2ClH/c1-11-10-15-8-9-16(11)13(17)3-2-12-4-6-14-7-5-12;;/h4-7,11,15H,2-3,8-10H2,1H3;2*1H/t11-;;/m1../s1. The number of carbonyl (C=O) groups excluding carboxylic acids is 1. The molecule has 108 valence electrons. The van der Waals surface area contributed by atoms with Gasteiger partial charge in [-0.1, -0.05) is 0 Å². The summed E-state index contributed by atoms with van der Waals surface area (Å²) in [6.45, 7) is 4.74. The van der Waals surface area contributed by atoms with E-state index < -0.39 is 0 Å². The van der Waals surface area contributed by atoms with E-state index in [9.17, 15) is 4.79 Å². The molecule has 1 aromatic rings. The van der Waals surface area contributed by atoms with E-state index in [-0.39, 0.29) is 30.7 Å². The first kappa shape index (κ1) is 18.2. The molecule has 1 amide bonds. The first-order valence-corrected chi connectivity index (χ1v) is 6.16. The second kappa shape index (κ2) is 9.13. The zero-order valence-corrected chi connectivity index (χ0v) is 12.7. The van der Waals surface area contributed by atoms with Gasteiger partial charge in [-0.25, -0.2) is 0 Å². The maximum absolute atomic E-state index is 12.1. The highest BCUT2D eigenvalue weighted by atomic mass is 35.5. The lowest BCUT2D eigenvalue weighted by molar-refractivity contribution is -0.133. The Morgan fingerprint density at radius 2 is 2.11 bits per heavy atom. The van der Waals surface area contributed by atoms with Gasteiger partial charge >= 0.3 is 0 Å². The van der Waals surface area contributed by atoms with Crippen molar-refractivity contribution in [2.75, 3.05) is 19.6 Å². The zero-order chi connectivity index (χ0) is 12.1. The van der Waals surface area contributed by atoms with Gasteiger partial charge in [-0.3, -0.25) is 9.78 Å². The number of piperazine rings is 1. The van der Waals surface area contributed by atoms with Crippen LogP contribution in [0.3, 0.4) is 0 Å². The van der Waals surface area contributed by atoms with E-state index in [0.29, 0.717) is 12.5 Å². The van der Waals surface area contributed by atoms with E-state index in [1.54, 1.807) is 12.4 Å². The van der Waals surface area contributed by atoms with Crippen LogP contribution in [0.2, 0.25) is 0 Å². The Morgan fingerprint density at radius 1 is 1.42 bits per heavy atom. The van der Waals surface area contributed by atoms with Crippen molar-refractivity contribution in [3.05, 3.63) is 30.1 Å². The first-order valence-electron chi connectivity index (χ1n) is 6.16. The molecule has 0 bridgehead atoms. The van der Waals surface area contributed by atoms with Crippen LogP contribution in [0.1, 0.15) is 18.9 Å². The molecule has 1 saturated heterocycles. The summed E-state index contributed by atoms with van der Waals surface area (Å²) in [5.41, 5.74) is 1.18. The molecule has 19 heavy (non-hydrogen) atoms. The van der Waals surface area contributed by atoms with Gasteiger partial charge in [0, 0.05) is 44.5 Å². The highest BCUT2D eigenvalue weighted by Crippen LogP contribution is 2.08. The van der Waals surface area contributed by atoms with Gasteiger partial charge in [-0.2, -0.15) is 0 Å². The molecular formula is C13H21Cl2N3O. The minimum absolute atomic E-state index is 0. The van der Waals surface area contributed by atoms with Gasteiger partial charge < -0.3 is 10.2 Å². The van der Waals surface area contributed by atoms with Crippen LogP contribution in [-0.2, 0) is 11.2 Å². The van der Waals surface area contributed by atoms with E-state index >= 15 is 0 Å². The fraction of sp³-hybridized carbons (Fsp3) is 0.538. The highest BCUT2D eigenvalue weighted by Gasteiger charge is 2.22. The average Bonchev–Trinajstić information content (AvgIpc) is 2.38. The Morgan fingerprint density at radius 3 is 2.74 bits per heavy atom. The molecule has 6 heteroatoms. The minimum Gasteiger partial charge on any atom is -0.337 e. The lowest BCUT2D eigenvalue weighted by atomic mass is 10.1. The lowest BCUT2D eigenvalue weighted by Crippen LogP contribution is -2.52. The number of amides is 1. The second-order valence-electron chi connectivity index (χ2n) is 4.50. The number of nitrogens with zero attached hydrogens (tertiary/aromatic N) is 2. The number of nitrogens with one attached hydrogen (secondary N) is 1. The van der Waals surface area contributed by atoms with Crippen molar-refractivity contribution >= 4 is 30.7 Å². The number of aryl methyl sites for hydroxylation is 1. The molecule has 0 aromatic carbocycles. The summed E-state index contributed by atoms with van der Waals surface area (Å²) in [6.07, 6.45) is 4.94. The van der Waals surface area contributed by atoms with Gasteiger partial charge in [0.05, 0.1) is 0 Å². The van der Waals surface area contributed by atoms with Crippen molar-refractivity contribution in [2.45, 2.75) is 25.8 Å². The normalized spacial score (nSPS) is 18.2. The Kier molecular flexibility index (Phi) is 8.72. The third-order valence-corrected chi connectivity index (χ3v) is 3.20. The maximum atomic E-state index is 12.1. The molecule has 0 unspecified atom stereocenters. The first-order chi connectivity index (χ1) is 8.27. The molecule has 1 aliphatic rings. The molecule has 0 spiro atoms. The van der Waals surface area contributed by atoms with E-state index in [4.69, 9.17) is 0 Å². The predicted octanol–water partition coefficient (Wildman–Crippen LogP) is 1.68. The second-order valence-corrected chi connectivity index (χ2v) is 4.50. The average molecular weight is 306 g/mol. The smallest absolute Gasteiger partial charge is 0.223 e. The van der Waals surface area contributed by atoms with Crippen molar-refractivity contribution < 1.29 is 4.79 Å². The molecule has 0 aliphatic carbocycles. The topological polar surface area (TPSA) is 45.2 Å². The van der Waals surface area contributed by atoms with Crippen molar-refractivity contribution in [1.82, 2.24) is 15.2 Å². The van der Waals surface area contributed by atoms with Crippen LogP contribution in [0.25, 0.3) is 0 Å². The van der Waals surface area contributed by atoms with Gasteiger partial charge in [0.1, 0.15) is 0 Å². The molecule has 2 heterocycles. The van der Waals surface area contributed by atoms with Gasteiger partial charge in [-0.05, 0) is 31.0 Å². The highest BCUT2D eigenvalue weighted by molar-refractivity contribution is 5.85. The maximum Gasteiger partial charge on any atom is 0.223 e. The number of rotatable bonds is 3. The summed E-state index contributed by atoms with van der Waals surface area (Å²) in [4.78, 5) is 18.0. The van der Waals surface area contributed by atoms with Crippen LogP contribution < -0.4 is 5.32 Å². The number of pyridine rings is 1. The molecule has 0 radical (unpaired) electrons. The molecule has 4 nitrogen and oxygen atoms in total. The summed E-state index contributed by atoms with van der Waals surface area (Å²) in [5.74, 6) is 0.260. The summed E-state index contributed by atoms with van der Waals surface area (Å²) >= 11 is 0. The van der Waals surface area contributed by atoms with Crippen LogP contribution >= 0.6 is 24.8 Å². The van der Waals surface area contributed by atoms with Gasteiger partial charge in [0.25, 0.3) is 0 Å². The Labute approximate surface area is 126 Å². The van der Waals surface area contributed by atoms with Crippen LogP contribution in [0.15, 0.2) is 24.5 Å². The predicted molar refractivity (Wildman–Crippen MR) is 81.1 cm³/mol. The third kappa shape index (κ3) is 5.35. The van der Waals surface area contributed by atoms with Gasteiger partial charge in [-0.15, -0.1) is 24.8 Å². The Hall–Kier alpha value is -0.840. The van der Waals surface area contributed by atoms with Crippen molar-refractivity contribution in [3.8, 4) is 0 Å². The summed E-state index contributed by atoms with van der Waals surface area (Å²) in [7, 11) is 0. The number of aromatic nitrogens is 1. The van der Waals surface area contributed by atoms with Crippen LogP contribution in [-0.4, -0.2) is 41.5 Å². The van der Waals surface area contributed by atoms with E-state index in [1.807, 2.05) is 17.0 Å². The SMILES string of the molecule is C[C@@H]1CNCCN1C(=O)CCc1ccncc1.Cl.Cl. The molecule has 2 rings (SSSR count). The molecule has 1 atom stereocenters. The summed E-state index contributed by atoms with van der Waals surface area (Å²) in [6, 6.07) is 4.25. The number of carbonyl (C=O) groups is 1. The Bertz CT molecular complexity index is 375. The fourth-order valence-electron chi connectivity index (χ4n) is 2.16. The van der Waals surface area contributed by atoms with Crippen molar-refractivity contribution in [1.29, 1.82) is 0 Å². The van der Waals surface area contributed by atoms with E-state index in [0.717, 1.165) is 26.1 Å². The largest absolute Gasteiger partial charge is 0.337 e. The van der Waals surface area contributed by atoms with Crippen LogP contribution in [0.4, 0.5) is 0 Å². The molecule has 0 saturated carbocycles. The van der Waals surface area contributed by atoms with Crippen LogP contribution in [0.5, 0.6) is 0 Å². The fourth-order valence-corrected chi connectivity index (χ4v) is 2.16. The summed E-state index contributed by atoms with van der Waals surface area (Å²) in [5, 5.41) is 3.29. The molecule has 1 fully saturated rings. The molecule has 1 N–H and O–H groups in total.